The monoisotopic (exact) mass is 603 g/mol. The first-order valence-corrected chi connectivity index (χ1v) is 16.0. The number of aromatic nitrogens is 3. The van der Waals surface area contributed by atoms with Crippen LogP contribution in [0.4, 0.5) is 10.2 Å². The van der Waals surface area contributed by atoms with Gasteiger partial charge in [0.1, 0.15) is 23.6 Å². The van der Waals surface area contributed by atoms with E-state index < -0.39 is 5.82 Å². The standard InChI is InChI=1S/C33H39ClFN7O/c1-3-33(14-13-23(15-36)42(33)4-2)19-43-32-39-30-25(31(40-32)41-17-21-11-12-22(18-41)38-21)16-37-29(28(30)35)24-9-5-7-20-8-6-10-26(34)27(20)24/h5-10,16,21-23,38H,3-4,11-15,17-19,36H2,1-2H3/t21?,22?,23-,33?/m1/s1. The van der Waals surface area contributed by atoms with Crippen LogP contribution in [-0.4, -0.2) is 76.3 Å². The van der Waals surface area contributed by atoms with Crippen molar-refractivity contribution in [2.45, 2.75) is 69.6 Å². The fraction of sp³-hybridized carbons (Fsp3) is 0.485. The van der Waals surface area contributed by atoms with Gasteiger partial charge in [0.15, 0.2) is 5.82 Å². The van der Waals surface area contributed by atoms with Crippen LogP contribution in [0.3, 0.4) is 0 Å². The lowest BCUT2D eigenvalue weighted by molar-refractivity contribution is 0.0503. The molecule has 43 heavy (non-hydrogen) atoms. The van der Waals surface area contributed by atoms with Gasteiger partial charge in [0.05, 0.1) is 10.9 Å². The first kappa shape index (κ1) is 28.6. The van der Waals surface area contributed by atoms with Crippen molar-refractivity contribution in [2.75, 3.05) is 37.7 Å². The maximum absolute atomic E-state index is 16.7. The minimum atomic E-state index is -0.499. The van der Waals surface area contributed by atoms with E-state index in [9.17, 15) is 0 Å². The molecule has 8 nitrogen and oxygen atoms in total. The van der Waals surface area contributed by atoms with E-state index in [0.29, 0.717) is 53.1 Å². The fourth-order valence-electron chi connectivity index (χ4n) is 7.77. The molecule has 2 aromatic carbocycles. The number of fused-ring (bicyclic) bond motifs is 4. The maximum atomic E-state index is 16.7. The van der Waals surface area contributed by atoms with Crippen LogP contribution < -0.4 is 20.7 Å². The third-order valence-electron chi connectivity index (χ3n) is 10.0. The Balaban J connectivity index is 1.33. The minimum absolute atomic E-state index is 0.160. The number of ether oxygens (including phenoxy) is 1. The van der Waals surface area contributed by atoms with Crippen LogP contribution in [0.1, 0.15) is 46.0 Å². The average Bonchev–Trinajstić information content (AvgIpc) is 3.57. The summed E-state index contributed by atoms with van der Waals surface area (Å²) in [7, 11) is 0. The van der Waals surface area contributed by atoms with E-state index in [1.165, 1.54) is 0 Å². The lowest BCUT2D eigenvalue weighted by atomic mass is 9.94. The Morgan fingerprint density at radius 2 is 1.86 bits per heavy atom. The first-order chi connectivity index (χ1) is 20.9. The molecule has 4 aromatic rings. The number of nitrogens with one attached hydrogen (secondary N) is 1. The molecule has 10 heteroatoms. The summed E-state index contributed by atoms with van der Waals surface area (Å²) in [5.41, 5.74) is 7.02. The van der Waals surface area contributed by atoms with Gasteiger partial charge in [-0.1, -0.05) is 55.8 Å². The van der Waals surface area contributed by atoms with Gasteiger partial charge in [-0.15, -0.1) is 0 Å². The van der Waals surface area contributed by atoms with Crippen LogP contribution >= 0.6 is 11.6 Å². The van der Waals surface area contributed by atoms with E-state index in [1.54, 1.807) is 6.20 Å². The molecule has 7 rings (SSSR count). The van der Waals surface area contributed by atoms with Crippen molar-refractivity contribution < 1.29 is 9.13 Å². The third-order valence-corrected chi connectivity index (χ3v) is 10.3. The van der Waals surface area contributed by atoms with Gasteiger partial charge in [-0.2, -0.15) is 9.97 Å². The van der Waals surface area contributed by atoms with Crippen molar-refractivity contribution in [3.8, 4) is 17.3 Å². The molecule has 2 bridgehead atoms. The molecule has 3 fully saturated rings. The zero-order valence-corrected chi connectivity index (χ0v) is 25.6. The number of hydrogen-bond donors (Lipinski definition) is 2. The molecule has 0 amide bonds. The molecule has 3 aliphatic heterocycles. The highest BCUT2D eigenvalue weighted by Gasteiger charge is 2.44. The van der Waals surface area contributed by atoms with E-state index in [0.717, 1.165) is 62.5 Å². The number of hydrogen-bond acceptors (Lipinski definition) is 8. The molecule has 3 N–H and O–H groups in total. The number of rotatable bonds is 8. The first-order valence-electron chi connectivity index (χ1n) is 15.6. The zero-order chi connectivity index (χ0) is 29.7. The number of pyridine rings is 1. The molecule has 5 heterocycles. The molecule has 3 unspecified atom stereocenters. The van der Waals surface area contributed by atoms with Crippen LogP contribution in [-0.2, 0) is 0 Å². The zero-order valence-electron chi connectivity index (χ0n) is 24.8. The summed E-state index contributed by atoms with van der Waals surface area (Å²) in [6.07, 6.45) is 6.91. The van der Waals surface area contributed by atoms with Crippen molar-refractivity contribution in [3.05, 3.63) is 53.4 Å². The summed E-state index contributed by atoms with van der Waals surface area (Å²) in [6, 6.07) is 12.7. The highest BCUT2D eigenvalue weighted by atomic mass is 35.5. The Morgan fingerprint density at radius 3 is 2.58 bits per heavy atom. The van der Waals surface area contributed by atoms with E-state index in [2.05, 4.69) is 33.9 Å². The molecule has 3 saturated heterocycles. The van der Waals surface area contributed by atoms with Crippen molar-refractivity contribution in [3.63, 3.8) is 0 Å². The maximum Gasteiger partial charge on any atom is 0.319 e. The summed E-state index contributed by atoms with van der Waals surface area (Å²) in [4.78, 5) is 19.0. The van der Waals surface area contributed by atoms with E-state index in [4.69, 9.17) is 32.0 Å². The van der Waals surface area contributed by atoms with Crippen molar-refractivity contribution in [2.24, 2.45) is 5.73 Å². The molecule has 3 aliphatic rings. The summed E-state index contributed by atoms with van der Waals surface area (Å²) in [5, 5.41) is 6.51. The summed E-state index contributed by atoms with van der Waals surface area (Å²) < 4.78 is 23.2. The SMILES string of the molecule is CCN1[C@@H](CN)CCC1(CC)COc1nc(N2CC3CCC(C2)N3)c2cnc(-c3cccc4cccc(Cl)c34)c(F)c2n1. The largest absolute Gasteiger partial charge is 0.461 e. The van der Waals surface area contributed by atoms with Gasteiger partial charge < -0.3 is 20.7 Å². The Kier molecular flexibility index (Phi) is 7.62. The Morgan fingerprint density at radius 1 is 1.09 bits per heavy atom. The van der Waals surface area contributed by atoms with Gasteiger partial charge in [-0.3, -0.25) is 9.88 Å². The third kappa shape index (κ3) is 4.90. The van der Waals surface area contributed by atoms with Gasteiger partial charge in [0.2, 0.25) is 0 Å². The summed E-state index contributed by atoms with van der Waals surface area (Å²) >= 11 is 6.62. The summed E-state index contributed by atoms with van der Waals surface area (Å²) in [5.74, 6) is 0.178. The van der Waals surface area contributed by atoms with Crippen LogP contribution in [0.15, 0.2) is 42.6 Å². The number of likely N-dealkylation sites (N-methyl/N-ethyl adjacent to an activating group) is 1. The van der Waals surface area contributed by atoms with Crippen LogP contribution in [0.25, 0.3) is 32.9 Å². The van der Waals surface area contributed by atoms with Crippen LogP contribution in [0.5, 0.6) is 6.01 Å². The van der Waals surface area contributed by atoms with Gasteiger partial charge >= 0.3 is 6.01 Å². The molecule has 0 radical (unpaired) electrons. The Labute approximate surface area is 256 Å². The van der Waals surface area contributed by atoms with E-state index in [1.807, 2.05) is 36.4 Å². The second kappa shape index (κ2) is 11.4. The number of nitrogens with two attached hydrogens (primary N) is 1. The lowest BCUT2D eigenvalue weighted by Crippen LogP contribution is -2.52. The minimum Gasteiger partial charge on any atom is -0.461 e. The van der Waals surface area contributed by atoms with Gasteiger partial charge in [0, 0.05) is 59.9 Å². The number of likely N-dealkylation sites (tertiary alicyclic amines) is 1. The van der Waals surface area contributed by atoms with Crippen molar-refractivity contribution >= 4 is 39.1 Å². The normalized spacial score (nSPS) is 25.7. The molecule has 0 spiro atoms. The van der Waals surface area contributed by atoms with Gasteiger partial charge in [0.25, 0.3) is 0 Å². The van der Waals surface area contributed by atoms with Crippen molar-refractivity contribution in [1.82, 2.24) is 25.2 Å². The molecule has 2 aromatic heterocycles. The number of anilines is 1. The molecule has 4 atom stereocenters. The van der Waals surface area contributed by atoms with E-state index in [-0.39, 0.29) is 22.8 Å². The molecule has 0 saturated carbocycles. The molecule has 0 aliphatic carbocycles. The van der Waals surface area contributed by atoms with Gasteiger partial charge in [-0.05, 0) is 50.1 Å². The fourth-order valence-corrected chi connectivity index (χ4v) is 8.06. The number of benzene rings is 2. The number of nitrogens with zero attached hydrogens (tertiary/aromatic N) is 5. The predicted molar refractivity (Wildman–Crippen MR) is 170 cm³/mol. The average molecular weight is 604 g/mol. The highest BCUT2D eigenvalue weighted by molar-refractivity contribution is 6.36. The van der Waals surface area contributed by atoms with Gasteiger partial charge in [-0.25, -0.2) is 4.39 Å². The predicted octanol–water partition coefficient (Wildman–Crippen LogP) is 5.55. The topological polar surface area (TPSA) is 92.4 Å². The van der Waals surface area contributed by atoms with Crippen LogP contribution in [0, 0.1) is 5.82 Å². The summed E-state index contributed by atoms with van der Waals surface area (Å²) in [6.45, 7) is 7.90. The quantitative estimate of drug-likeness (QED) is 0.271. The van der Waals surface area contributed by atoms with E-state index >= 15 is 4.39 Å². The number of piperazine rings is 1. The molecular weight excluding hydrogens is 565 g/mol. The molecular formula is C33H39ClFN7O. The Bertz CT molecular complexity index is 1650. The van der Waals surface area contributed by atoms with Crippen molar-refractivity contribution in [1.29, 1.82) is 0 Å². The van der Waals surface area contributed by atoms with Crippen LogP contribution in [0.2, 0.25) is 5.02 Å². The Hall–Kier alpha value is -3.11. The second-order valence-corrected chi connectivity index (χ2v) is 12.7. The molecule has 226 valence electrons. The second-order valence-electron chi connectivity index (χ2n) is 12.3. The lowest BCUT2D eigenvalue weighted by Gasteiger charge is -2.39. The number of halogens is 2. The smallest absolute Gasteiger partial charge is 0.319 e. The highest BCUT2D eigenvalue weighted by Crippen LogP contribution is 2.39.